The van der Waals surface area contributed by atoms with Crippen LogP contribution in [0.25, 0.3) is 0 Å². The Balaban J connectivity index is 2.00. The number of pyridine rings is 1. The SMILES string of the molecule is CC(N)C1CN(Cc2cnc(Cl)cc2Cl)CCO1. The highest BCUT2D eigenvalue weighted by molar-refractivity contribution is 6.34. The van der Waals surface area contributed by atoms with Gasteiger partial charge < -0.3 is 10.5 Å². The van der Waals surface area contributed by atoms with E-state index < -0.39 is 0 Å². The smallest absolute Gasteiger partial charge is 0.130 e. The lowest BCUT2D eigenvalue weighted by molar-refractivity contribution is -0.0403. The van der Waals surface area contributed by atoms with Crippen LogP contribution in [0.2, 0.25) is 10.2 Å². The Morgan fingerprint density at radius 2 is 2.39 bits per heavy atom. The Kier molecular flexibility index (Phi) is 4.81. The number of ether oxygens (including phenoxy) is 1. The number of hydrogen-bond donors (Lipinski definition) is 1. The molecule has 1 aromatic rings. The third-order valence-electron chi connectivity index (χ3n) is 3.05. The minimum absolute atomic E-state index is 0.0339. The number of morpholine rings is 1. The molecular weight excluding hydrogens is 273 g/mol. The Labute approximate surface area is 117 Å². The van der Waals surface area contributed by atoms with E-state index in [0.717, 1.165) is 25.2 Å². The van der Waals surface area contributed by atoms with E-state index in [1.807, 2.05) is 6.92 Å². The molecule has 2 atom stereocenters. The Hall–Kier alpha value is -0.390. The predicted molar refractivity (Wildman–Crippen MR) is 72.9 cm³/mol. The van der Waals surface area contributed by atoms with Gasteiger partial charge in [-0.15, -0.1) is 0 Å². The third kappa shape index (κ3) is 3.56. The van der Waals surface area contributed by atoms with Gasteiger partial charge in [-0.05, 0) is 13.0 Å². The lowest BCUT2D eigenvalue weighted by atomic mass is 10.1. The van der Waals surface area contributed by atoms with E-state index in [0.29, 0.717) is 16.8 Å². The molecule has 1 saturated heterocycles. The minimum Gasteiger partial charge on any atom is -0.374 e. The van der Waals surface area contributed by atoms with Crippen LogP contribution in [-0.2, 0) is 11.3 Å². The second-order valence-corrected chi connectivity index (χ2v) is 5.40. The van der Waals surface area contributed by atoms with Gasteiger partial charge in [0.1, 0.15) is 5.15 Å². The van der Waals surface area contributed by atoms with E-state index in [-0.39, 0.29) is 12.1 Å². The molecule has 0 aromatic carbocycles. The molecule has 0 radical (unpaired) electrons. The number of halogens is 2. The molecule has 2 heterocycles. The van der Waals surface area contributed by atoms with Crippen molar-refractivity contribution in [2.24, 2.45) is 5.73 Å². The van der Waals surface area contributed by atoms with Crippen molar-refractivity contribution in [3.8, 4) is 0 Å². The van der Waals surface area contributed by atoms with Crippen molar-refractivity contribution in [2.75, 3.05) is 19.7 Å². The zero-order valence-electron chi connectivity index (χ0n) is 10.3. The summed E-state index contributed by atoms with van der Waals surface area (Å²) in [5, 5.41) is 1.07. The number of nitrogens with zero attached hydrogens (tertiary/aromatic N) is 2. The first-order valence-electron chi connectivity index (χ1n) is 5.95. The molecule has 1 fully saturated rings. The number of nitrogens with two attached hydrogens (primary N) is 1. The minimum atomic E-state index is 0.0339. The van der Waals surface area contributed by atoms with Gasteiger partial charge in [0.15, 0.2) is 0 Å². The molecule has 2 unspecified atom stereocenters. The zero-order chi connectivity index (χ0) is 13.1. The topological polar surface area (TPSA) is 51.4 Å². The first-order valence-corrected chi connectivity index (χ1v) is 6.71. The van der Waals surface area contributed by atoms with Crippen molar-refractivity contribution in [3.63, 3.8) is 0 Å². The average molecular weight is 290 g/mol. The van der Waals surface area contributed by atoms with Crippen LogP contribution < -0.4 is 5.73 Å². The number of aromatic nitrogens is 1. The van der Waals surface area contributed by atoms with Crippen molar-refractivity contribution in [1.82, 2.24) is 9.88 Å². The van der Waals surface area contributed by atoms with Crippen LogP contribution in [0.1, 0.15) is 12.5 Å². The maximum Gasteiger partial charge on any atom is 0.130 e. The molecule has 1 aromatic heterocycles. The van der Waals surface area contributed by atoms with E-state index >= 15 is 0 Å². The molecule has 0 aliphatic carbocycles. The van der Waals surface area contributed by atoms with E-state index in [4.69, 9.17) is 33.7 Å². The molecule has 1 aliphatic rings. The highest BCUT2D eigenvalue weighted by Crippen LogP contribution is 2.21. The summed E-state index contributed by atoms with van der Waals surface area (Å²) in [6.07, 6.45) is 1.80. The molecule has 6 heteroatoms. The monoisotopic (exact) mass is 289 g/mol. The van der Waals surface area contributed by atoms with E-state index in [1.165, 1.54) is 0 Å². The van der Waals surface area contributed by atoms with Gasteiger partial charge in [-0.2, -0.15) is 0 Å². The van der Waals surface area contributed by atoms with Crippen LogP contribution in [0.15, 0.2) is 12.3 Å². The first kappa shape index (κ1) is 14.0. The maximum atomic E-state index is 6.14. The quantitative estimate of drug-likeness (QED) is 0.864. The molecule has 0 amide bonds. The van der Waals surface area contributed by atoms with Gasteiger partial charge in [0.25, 0.3) is 0 Å². The summed E-state index contributed by atoms with van der Waals surface area (Å²) in [5.41, 5.74) is 6.84. The largest absolute Gasteiger partial charge is 0.374 e. The number of rotatable bonds is 3. The molecule has 2 rings (SSSR count). The Bertz CT molecular complexity index is 414. The highest BCUT2D eigenvalue weighted by atomic mass is 35.5. The van der Waals surface area contributed by atoms with Crippen LogP contribution in [-0.4, -0.2) is 41.7 Å². The molecule has 0 spiro atoms. The normalized spacial score (nSPS) is 23.0. The summed E-state index contributed by atoms with van der Waals surface area (Å²) >= 11 is 11.9. The summed E-state index contributed by atoms with van der Waals surface area (Å²) < 4.78 is 5.62. The predicted octanol–water partition coefficient (Wildman–Crippen LogP) is 1.94. The van der Waals surface area contributed by atoms with E-state index in [1.54, 1.807) is 12.3 Å². The highest BCUT2D eigenvalue weighted by Gasteiger charge is 2.23. The van der Waals surface area contributed by atoms with Gasteiger partial charge >= 0.3 is 0 Å². The molecule has 0 saturated carbocycles. The van der Waals surface area contributed by atoms with Gasteiger partial charge in [-0.1, -0.05) is 23.2 Å². The summed E-state index contributed by atoms with van der Waals surface area (Å²) in [6.45, 7) is 5.10. The molecule has 4 nitrogen and oxygen atoms in total. The van der Waals surface area contributed by atoms with E-state index in [2.05, 4.69) is 9.88 Å². The van der Waals surface area contributed by atoms with E-state index in [9.17, 15) is 0 Å². The van der Waals surface area contributed by atoms with Crippen molar-refractivity contribution in [1.29, 1.82) is 0 Å². The summed E-state index contributed by atoms with van der Waals surface area (Å²) in [4.78, 5) is 6.33. The van der Waals surface area contributed by atoms with Crippen molar-refractivity contribution >= 4 is 23.2 Å². The average Bonchev–Trinajstić information content (AvgIpc) is 2.33. The second-order valence-electron chi connectivity index (χ2n) is 4.60. The van der Waals surface area contributed by atoms with Gasteiger partial charge in [-0.25, -0.2) is 4.98 Å². The molecule has 100 valence electrons. The fraction of sp³-hybridized carbons (Fsp3) is 0.583. The zero-order valence-corrected chi connectivity index (χ0v) is 11.8. The van der Waals surface area contributed by atoms with Gasteiger partial charge in [-0.3, -0.25) is 4.90 Å². The lowest BCUT2D eigenvalue weighted by Crippen LogP contribution is -2.49. The molecular formula is C12H17Cl2N3O. The fourth-order valence-electron chi connectivity index (χ4n) is 1.99. The maximum absolute atomic E-state index is 6.14. The van der Waals surface area contributed by atoms with Crippen LogP contribution in [0.5, 0.6) is 0 Å². The lowest BCUT2D eigenvalue weighted by Gasteiger charge is -2.34. The Morgan fingerprint density at radius 1 is 1.61 bits per heavy atom. The van der Waals surface area contributed by atoms with Gasteiger partial charge in [0.2, 0.25) is 0 Å². The van der Waals surface area contributed by atoms with Crippen LogP contribution in [0, 0.1) is 0 Å². The van der Waals surface area contributed by atoms with Crippen LogP contribution >= 0.6 is 23.2 Å². The summed E-state index contributed by atoms with van der Waals surface area (Å²) in [6, 6.07) is 1.70. The van der Waals surface area contributed by atoms with Crippen molar-refractivity contribution < 1.29 is 4.74 Å². The van der Waals surface area contributed by atoms with Crippen LogP contribution in [0.4, 0.5) is 0 Å². The molecule has 18 heavy (non-hydrogen) atoms. The Morgan fingerprint density at radius 3 is 3.06 bits per heavy atom. The van der Waals surface area contributed by atoms with Crippen LogP contribution in [0.3, 0.4) is 0 Å². The first-order chi connectivity index (χ1) is 8.56. The van der Waals surface area contributed by atoms with Crippen molar-refractivity contribution in [2.45, 2.75) is 25.6 Å². The van der Waals surface area contributed by atoms with Crippen molar-refractivity contribution in [3.05, 3.63) is 28.0 Å². The second kappa shape index (κ2) is 6.17. The third-order valence-corrected chi connectivity index (χ3v) is 3.61. The number of hydrogen-bond acceptors (Lipinski definition) is 4. The fourth-order valence-corrected chi connectivity index (χ4v) is 2.41. The molecule has 0 bridgehead atoms. The molecule has 2 N–H and O–H groups in total. The molecule has 1 aliphatic heterocycles. The van der Waals surface area contributed by atoms with Gasteiger partial charge in [0, 0.05) is 42.5 Å². The summed E-state index contributed by atoms with van der Waals surface area (Å²) in [5.74, 6) is 0. The summed E-state index contributed by atoms with van der Waals surface area (Å²) in [7, 11) is 0. The van der Waals surface area contributed by atoms with Gasteiger partial charge in [0.05, 0.1) is 12.7 Å². The standard InChI is InChI=1S/C12H17Cl2N3O/c1-8(15)11-7-17(2-3-18-11)6-9-5-16-12(14)4-10(9)13/h4-5,8,11H,2-3,6-7,15H2,1H3.